The molecular weight excluding hydrogens is 336 g/mol. The molecule has 1 N–H and O–H groups in total. The van der Waals surface area contributed by atoms with Gasteiger partial charge in [-0.3, -0.25) is 4.72 Å². The zero-order chi connectivity index (χ0) is 16.5. The Morgan fingerprint density at radius 1 is 0.864 bits per heavy atom. The second-order valence-electron chi connectivity index (χ2n) is 4.51. The molecule has 0 heterocycles. The predicted octanol–water partition coefficient (Wildman–Crippen LogP) is 2.17. The van der Waals surface area contributed by atoms with E-state index in [1.165, 1.54) is 18.2 Å². The minimum absolute atomic E-state index is 0.0346. The van der Waals surface area contributed by atoms with Crippen LogP contribution in [0.25, 0.3) is 0 Å². The van der Waals surface area contributed by atoms with Crippen LogP contribution in [0, 0.1) is 11.6 Å². The van der Waals surface area contributed by atoms with Gasteiger partial charge in [-0.25, -0.2) is 25.6 Å². The van der Waals surface area contributed by atoms with Gasteiger partial charge in [0.2, 0.25) is 0 Å². The molecule has 2 aromatic rings. The van der Waals surface area contributed by atoms with Crippen molar-refractivity contribution in [2.45, 2.75) is 9.79 Å². The summed E-state index contributed by atoms with van der Waals surface area (Å²) in [5, 5.41) is 0. The van der Waals surface area contributed by atoms with E-state index in [1.807, 2.05) is 0 Å². The minimum Gasteiger partial charge on any atom is -0.280 e. The molecule has 0 amide bonds. The van der Waals surface area contributed by atoms with Gasteiger partial charge in [0.15, 0.2) is 9.84 Å². The largest absolute Gasteiger partial charge is 0.280 e. The van der Waals surface area contributed by atoms with Crippen molar-refractivity contribution in [3.05, 3.63) is 54.1 Å². The van der Waals surface area contributed by atoms with Gasteiger partial charge in [0.05, 0.1) is 15.5 Å². The summed E-state index contributed by atoms with van der Waals surface area (Å²) in [5.41, 5.74) is -0.0346. The van der Waals surface area contributed by atoms with Gasteiger partial charge < -0.3 is 0 Å². The summed E-state index contributed by atoms with van der Waals surface area (Å²) in [6, 6.07) is 6.95. The first kappa shape index (κ1) is 16.4. The van der Waals surface area contributed by atoms with Crippen molar-refractivity contribution < 1.29 is 25.6 Å². The number of benzene rings is 2. The monoisotopic (exact) mass is 347 g/mol. The highest BCUT2D eigenvalue weighted by atomic mass is 32.2. The fourth-order valence-corrected chi connectivity index (χ4v) is 3.45. The number of nitrogens with one attached hydrogen (secondary N) is 1. The molecule has 0 aliphatic rings. The van der Waals surface area contributed by atoms with Crippen LogP contribution in [-0.2, 0) is 19.9 Å². The molecule has 5 nitrogen and oxygen atoms in total. The molecule has 0 aliphatic carbocycles. The summed E-state index contributed by atoms with van der Waals surface area (Å²) in [4.78, 5) is -0.687. The van der Waals surface area contributed by atoms with E-state index >= 15 is 0 Å². The van der Waals surface area contributed by atoms with Gasteiger partial charge in [-0.15, -0.1) is 0 Å². The van der Waals surface area contributed by atoms with Crippen LogP contribution in [0.2, 0.25) is 0 Å². The highest BCUT2D eigenvalue weighted by Gasteiger charge is 2.17. The van der Waals surface area contributed by atoms with Crippen LogP contribution >= 0.6 is 0 Å². The SMILES string of the molecule is CS(=O)(=O)c1cccc(NS(=O)(=O)c2cc(F)cc(F)c2)c1. The van der Waals surface area contributed by atoms with E-state index in [2.05, 4.69) is 4.72 Å². The third kappa shape index (κ3) is 3.80. The molecule has 0 aliphatic heterocycles. The summed E-state index contributed by atoms with van der Waals surface area (Å²) < 4.78 is 75.3. The fourth-order valence-electron chi connectivity index (χ4n) is 1.69. The van der Waals surface area contributed by atoms with Crippen molar-refractivity contribution in [2.24, 2.45) is 0 Å². The van der Waals surface area contributed by atoms with E-state index < -0.39 is 36.4 Å². The van der Waals surface area contributed by atoms with Crippen molar-refractivity contribution in [1.29, 1.82) is 0 Å². The number of sulfonamides is 1. The quantitative estimate of drug-likeness (QED) is 0.919. The molecule has 0 spiro atoms. The third-order valence-corrected chi connectivity index (χ3v) is 5.13. The second-order valence-corrected chi connectivity index (χ2v) is 8.21. The lowest BCUT2D eigenvalue weighted by Crippen LogP contribution is -2.14. The lowest BCUT2D eigenvalue weighted by molar-refractivity contribution is 0.568. The summed E-state index contributed by atoms with van der Waals surface area (Å²) in [6.45, 7) is 0. The number of sulfone groups is 1. The van der Waals surface area contributed by atoms with Crippen LogP contribution in [0.1, 0.15) is 0 Å². The molecule has 9 heteroatoms. The first-order chi connectivity index (χ1) is 10.1. The molecular formula is C13H11F2NO4S2. The third-order valence-electron chi connectivity index (χ3n) is 2.66. The highest BCUT2D eigenvalue weighted by molar-refractivity contribution is 7.92. The molecule has 22 heavy (non-hydrogen) atoms. The molecule has 2 aromatic carbocycles. The molecule has 0 bridgehead atoms. The zero-order valence-corrected chi connectivity index (χ0v) is 12.9. The summed E-state index contributed by atoms with van der Waals surface area (Å²) in [6.07, 6.45) is 0.975. The van der Waals surface area contributed by atoms with Gasteiger partial charge in [-0.2, -0.15) is 0 Å². The molecule has 0 saturated carbocycles. The highest BCUT2D eigenvalue weighted by Crippen LogP contribution is 2.20. The Hall–Kier alpha value is -2.00. The Morgan fingerprint density at radius 2 is 1.45 bits per heavy atom. The maximum Gasteiger partial charge on any atom is 0.262 e. The molecule has 0 aromatic heterocycles. The van der Waals surface area contributed by atoms with Crippen LogP contribution in [0.4, 0.5) is 14.5 Å². The van der Waals surface area contributed by atoms with Crippen LogP contribution in [0.5, 0.6) is 0 Å². The number of rotatable bonds is 4. The average Bonchev–Trinajstić information content (AvgIpc) is 2.36. The van der Waals surface area contributed by atoms with Gasteiger partial charge in [0.1, 0.15) is 11.6 Å². The number of halogens is 2. The number of anilines is 1. The molecule has 0 radical (unpaired) electrons. The first-order valence-corrected chi connectivity index (χ1v) is 9.24. The molecule has 2 rings (SSSR count). The summed E-state index contributed by atoms with van der Waals surface area (Å²) in [5.74, 6) is -2.07. The topological polar surface area (TPSA) is 80.3 Å². The van der Waals surface area contributed by atoms with E-state index in [9.17, 15) is 25.6 Å². The molecule has 0 atom stereocenters. The smallest absolute Gasteiger partial charge is 0.262 e. The van der Waals surface area contributed by atoms with Gasteiger partial charge in [0.25, 0.3) is 10.0 Å². The van der Waals surface area contributed by atoms with Gasteiger partial charge in [-0.05, 0) is 30.3 Å². The summed E-state index contributed by atoms with van der Waals surface area (Å²) >= 11 is 0. The Labute approximate surface area is 126 Å². The standard InChI is InChI=1S/C13H11F2NO4S2/c1-21(17,18)12-4-2-3-11(8-12)16-22(19,20)13-6-9(14)5-10(15)7-13/h2-8,16H,1H3. The van der Waals surface area contributed by atoms with Crippen LogP contribution < -0.4 is 4.72 Å². The van der Waals surface area contributed by atoms with Gasteiger partial charge >= 0.3 is 0 Å². The Balaban J connectivity index is 2.41. The van der Waals surface area contributed by atoms with Crippen molar-refractivity contribution in [2.75, 3.05) is 11.0 Å². The van der Waals surface area contributed by atoms with E-state index in [0.29, 0.717) is 18.2 Å². The Morgan fingerprint density at radius 3 is 2.00 bits per heavy atom. The number of hydrogen-bond acceptors (Lipinski definition) is 4. The maximum atomic E-state index is 13.1. The predicted molar refractivity (Wildman–Crippen MR) is 76.7 cm³/mol. The first-order valence-electron chi connectivity index (χ1n) is 5.87. The molecule has 0 unspecified atom stereocenters. The fraction of sp³-hybridized carbons (Fsp3) is 0.0769. The van der Waals surface area contributed by atoms with Crippen LogP contribution in [0.15, 0.2) is 52.3 Å². The lowest BCUT2D eigenvalue weighted by Gasteiger charge is -2.09. The van der Waals surface area contributed by atoms with Crippen LogP contribution in [-0.4, -0.2) is 23.1 Å². The normalized spacial score (nSPS) is 12.1. The second kappa shape index (κ2) is 5.65. The van der Waals surface area contributed by atoms with Crippen molar-refractivity contribution in [3.63, 3.8) is 0 Å². The number of hydrogen-bond donors (Lipinski definition) is 1. The zero-order valence-electron chi connectivity index (χ0n) is 11.2. The summed E-state index contributed by atoms with van der Waals surface area (Å²) in [7, 11) is -7.76. The minimum atomic E-state index is -4.25. The van der Waals surface area contributed by atoms with Crippen molar-refractivity contribution in [1.82, 2.24) is 0 Å². The van der Waals surface area contributed by atoms with E-state index in [4.69, 9.17) is 0 Å². The van der Waals surface area contributed by atoms with Gasteiger partial charge in [-0.1, -0.05) is 6.07 Å². The van der Waals surface area contributed by atoms with Crippen molar-refractivity contribution >= 4 is 25.5 Å². The van der Waals surface area contributed by atoms with E-state index in [0.717, 1.165) is 12.3 Å². The maximum absolute atomic E-state index is 13.1. The molecule has 0 fully saturated rings. The molecule has 118 valence electrons. The van der Waals surface area contributed by atoms with Gasteiger partial charge in [0, 0.05) is 12.3 Å². The van der Waals surface area contributed by atoms with Crippen LogP contribution in [0.3, 0.4) is 0 Å². The van der Waals surface area contributed by atoms with E-state index in [1.54, 1.807) is 0 Å². The lowest BCUT2D eigenvalue weighted by atomic mass is 10.3. The van der Waals surface area contributed by atoms with Crippen molar-refractivity contribution in [3.8, 4) is 0 Å². The Kier molecular flexibility index (Phi) is 4.21. The molecule has 0 saturated heterocycles. The van der Waals surface area contributed by atoms with E-state index in [-0.39, 0.29) is 10.6 Å². The average molecular weight is 347 g/mol. The Bertz CT molecular complexity index is 905.